The summed E-state index contributed by atoms with van der Waals surface area (Å²) < 4.78 is 26.1. The highest BCUT2D eigenvalue weighted by atomic mass is 32.1. The average molecular weight is 548 g/mol. The summed E-state index contributed by atoms with van der Waals surface area (Å²) in [5.41, 5.74) is -1.52. The average Bonchev–Trinajstić information content (AvgIpc) is 3.22. The lowest BCUT2D eigenvalue weighted by Gasteiger charge is -2.26. The first kappa shape index (κ1) is 28.8. The van der Waals surface area contributed by atoms with Crippen LogP contribution in [0.3, 0.4) is 0 Å². The van der Waals surface area contributed by atoms with Gasteiger partial charge in [0.25, 0.3) is 5.56 Å². The molecule has 38 heavy (non-hydrogen) atoms. The largest absolute Gasteiger partial charge is 0.496 e. The minimum atomic E-state index is -1.21. The predicted octanol–water partition coefficient (Wildman–Crippen LogP) is 3.17. The maximum atomic E-state index is 14.0. The Hall–Kier alpha value is -3.80. The summed E-state index contributed by atoms with van der Waals surface area (Å²) in [6.45, 7) is 7.66. The van der Waals surface area contributed by atoms with Gasteiger partial charge in [-0.3, -0.25) is 19.0 Å². The number of aromatic nitrogens is 2. The molecule has 0 fully saturated rings. The first-order valence-electron chi connectivity index (χ1n) is 11.9. The Morgan fingerprint density at radius 3 is 2.39 bits per heavy atom. The first-order chi connectivity index (χ1) is 17.8. The number of nitrogens with zero attached hydrogens (tertiary/aromatic N) is 3. The second-order valence-corrected chi connectivity index (χ2v) is 9.99. The number of benzene rings is 1. The van der Waals surface area contributed by atoms with Crippen LogP contribution in [0.25, 0.3) is 10.2 Å². The molecule has 0 saturated carbocycles. The van der Waals surface area contributed by atoms with Crippen molar-refractivity contribution in [3.05, 3.63) is 60.9 Å². The number of carbonyl (C=O) groups excluding carboxylic acids is 3. The normalized spacial score (nSPS) is 12.0. The number of aryl methyl sites for hydroxylation is 1. The molecule has 0 aliphatic carbocycles. The van der Waals surface area contributed by atoms with Crippen LogP contribution in [0.5, 0.6) is 5.75 Å². The van der Waals surface area contributed by atoms with Gasteiger partial charge in [-0.15, -0.1) is 11.3 Å². The molecule has 1 aromatic carbocycles. The number of Topliss-reactive ketones (excluding diaryl/α,β-unsaturated/α-hetero) is 1. The molecular formula is C26H30FN3O7S. The van der Waals surface area contributed by atoms with E-state index in [1.165, 1.54) is 31.9 Å². The molecule has 0 aliphatic heterocycles. The van der Waals surface area contributed by atoms with Crippen LogP contribution in [0, 0.1) is 12.7 Å². The minimum absolute atomic E-state index is 0.0171. The quantitative estimate of drug-likeness (QED) is 0.298. The number of ketones is 1. The summed E-state index contributed by atoms with van der Waals surface area (Å²) in [7, 11) is 2.88. The van der Waals surface area contributed by atoms with Gasteiger partial charge in [-0.25, -0.2) is 18.5 Å². The van der Waals surface area contributed by atoms with E-state index in [2.05, 4.69) is 0 Å². The van der Waals surface area contributed by atoms with E-state index >= 15 is 0 Å². The van der Waals surface area contributed by atoms with Crippen LogP contribution in [0.4, 0.5) is 4.39 Å². The number of likely N-dealkylation sites (N-methyl/N-ethyl adjacent to an activating group) is 1. The van der Waals surface area contributed by atoms with Gasteiger partial charge in [-0.05, 0) is 58.4 Å². The molecule has 0 aliphatic rings. The fourth-order valence-electron chi connectivity index (χ4n) is 4.02. The molecule has 2 heterocycles. The molecule has 0 saturated heterocycles. The maximum Gasteiger partial charge on any atom is 0.348 e. The van der Waals surface area contributed by atoms with E-state index in [0.29, 0.717) is 0 Å². The van der Waals surface area contributed by atoms with Crippen LogP contribution in [0.1, 0.15) is 59.3 Å². The molecule has 2 aromatic heterocycles. The molecule has 204 valence electrons. The number of thiophene rings is 1. The number of hydrogen-bond donors (Lipinski definition) is 0. The van der Waals surface area contributed by atoms with Crippen LogP contribution in [-0.4, -0.2) is 58.5 Å². The van der Waals surface area contributed by atoms with Crippen molar-refractivity contribution in [2.24, 2.45) is 0 Å². The molecule has 1 amide bonds. The van der Waals surface area contributed by atoms with Gasteiger partial charge < -0.3 is 14.4 Å². The van der Waals surface area contributed by atoms with E-state index in [-0.39, 0.29) is 44.6 Å². The predicted molar refractivity (Wildman–Crippen MR) is 141 cm³/mol. The zero-order chi connectivity index (χ0) is 28.5. The summed E-state index contributed by atoms with van der Waals surface area (Å²) in [5.74, 6) is -2.41. The van der Waals surface area contributed by atoms with Gasteiger partial charge in [0.1, 0.15) is 27.3 Å². The third kappa shape index (κ3) is 5.13. The van der Waals surface area contributed by atoms with Gasteiger partial charge in [0.15, 0.2) is 5.78 Å². The number of amides is 1. The van der Waals surface area contributed by atoms with Gasteiger partial charge in [0.05, 0.1) is 31.2 Å². The van der Waals surface area contributed by atoms with E-state index in [4.69, 9.17) is 9.47 Å². The number of halogens is 1. The molecule has 1 unspecified atom stereocenters. The number of carbonyl (C=O) groups is 3. The number of fused-ring (bicyclic) bond motifs is 1. The van der Waals surface area contributed by atoms with Crippen molar-refractivity contribution in [2.75, 3.05) is 20.8 Å². The number of ether oxygens (including phenoxy) is 2. The standard InChI is InChI=1S/C26H30FN3O7S/c1-8-37-25(34)21-14(4)20-23(33)30(15(5)22(32)28(6)13(2)3)26(35)29(24(20)38-21)12-18(31)17-11-16(27)9-10-19(17)36-7/h9-11,13,15H,8,12H2,1-7H3. The number of esters is 1. The molecule has 0 radical (unpaired) electrons. The van der Waals surface area contributed by atoms with Gasteiger partial charge >= 0.3 is 11.7 Å². The molecule has 3 aromatic rings. The minimum Gasteiger partial charge on any atom is -0.496 e. The highest BCUT2D eigenvalue weighted by Crippen LogP contribution is 2.30. The Morgan fingerprint density at radius 1 is 1.16 bits per heavy atom. The number of hydrogen-bond acceptors (Lipinski definition) is 8. The Morgan fingerprint density at radius 2 is 1.82 bits per heavy atom. The smallest absolute Gasteiger partial charge is 0.348 e. The zero-order valence-corrected chi connectivity index (χ0v) is 23.1. The maximum absolute atomic E-state index is 14.0. The van der Waals surface area contributed by atoms with Crippen molar-refractivity contribution < 1.29 is 28.2 Å². The van der Waals surface area contributed by atoms with E-state index in [9.17, 15) is 28.4 Å². The molecule has 1 atom stereocenters. The monoisotopic (exact) mass is 547 g/mol. The van der Waals surface area contributed by atoms with Gasteiger partial charge in [0, 0.05) is 13.1 Å². The fraction of sp³-hybridized carbons (Fsp3) is 0.423. The van der Waals surface area contributed by atoms with E-state index in [1.807, 2.05) is 0 Å². The molecule has 0 spiro atoms. The van der Waals surface area contributed by atoms with E-state index in [0.717, 1.165) is 32.6 Å². The van der Waals surface area contributed by atoms with Crippen LogP contribution < -0.4 is 16.0 Å². The molecule has 3 rings (SSSR count). The Balaban J connectivity index is 2.32. The first-order valence-corrected chi connectivity index (χ1v) is 12.8. The third-order valence-corrected chi connectivity index (χ3v) is 7.63. The second-order valence-electron chi connectivity index (χ2n) is 8.99. The summed E-state index contributed by atoms with van der Waals surface area (Å²) in [4.78, 5) is 68.0. The lowest BCUT2D eigenvalue weighted by Crippen LogP contribution is -2.48. The van der Waals surface area contributed by atoms with E-state index < -0.39 is 47.3 Å². The van der Waals surface area contributed by atoms with Crippen LogP contribution >= 0.6 is 11.3 Å². The summed E-state index contributed by atoms with van der Waals surface area (Å²) in [6.07, 6.45) is 0. The van der Waals surface area contributed by atoms with Gasteiger partial charge in [-0.2, -0.15) is 0 Å². The highest BCUT2D eigenvalue weighted by Gasteiger charge is 2.30. The van der Waals surface area contributed by atoms with Crippen molar-refractivity contribution in [1.29, 1.82) is 0 Å². The second kappa shape index (κ2) is 11.3. The third-order valence-electron chi connectivity index (χ3n) is 6.33. The van der Waals surface area contributed by atoms with Crippen molar-refractivity contribution in [3.8, 4) is 5.75 Å². The molecule has 0 bridgehead atoms. The highest BCUT2D eigenvalue weighted by molar-refractivity contribution is 7.20. The van der Waals surface area contributed by atoms with Crippen molar-refractivity contribution in [3.63, 3.8) is 0 Å². The molecule has 0 N–H and O–H groups in total. The lowest BCUT2D eigenvalue weighted by atomic mass is 10.1. The van der Waals surface area contributed by atoms with E-state index in [1.54, 1.807) is 27.8 Å². The van der Waals surface area contributed by atoms with Crippen LogP contribution in [-0.2, 0) is 16.1 Å². The van der Waals surface area contributed by atoms with Gasteiger partial charge in [-0.1, -0.05) is 0 Å². The molecular weight excluding hydrogens is 517 g/mol. The summed E-state index contributed by atoms with van der Waals surface area (Å²) in [6, 6.07) is 2.01. The van der Waals surface area contributed by atoms with Gasteiger partial charge in [0.2, 0.25) is 5.91 Å². The summed E-state index contributed by atoms with van der Waals surface area (Å²) >= 11 is 0.839. The van der Waals surface area contributed by atoms with Crippen molar-refractivity contribution in [2.45, 2.75) is 53.2 Å². The SMILES string of the molecule is CCOC(=O)c1sc2c(c1C)c(=O)n(C(C)C(=O)N(C)C(C)C)c(=O)n2CC(=O)c1cc(F)ccc1OC. The van der Waals surface area contributed by atoms with Crippen molar-refractivity contribution in [1.82, 2.24) is 14.0 Å². The topological polar surface area (TPSA) is 117 Å². The van der Waals surface area contributed by atoms with Crippen LogP contribution in [0.15, 0.2) is 27.8 Å². The van der Waals surface area contributed by atoms with Crippen molar-refractivity contribution >= 4 is 39.2 Å². The number of rotatable bonds is 9. The fourth-order valence-corrected chi connectivity index (χ4v) is 5.21. The van der Waals surface area contributed by atoms with Crippen LogP contribution in [0.2, 0.25) is 0 Å². The zero-order valence-electron chi connectivity index (χ0n) is 22.3. The Labute approximate surface area is 222 Å². The summed E-state index contributed by atoms with van der Waals surface area (Å²) in [5, 5.41) is 0.0171. The lowest BCUT2D eigenvalue weighted by molar-refractivity contribution is -0.134. The molecule has 10 nitrogen and oxygen atoms in total. The number of methoxy groups -OCH3 is 1. The molecule has 12 heteroatoms. The Kier molecular flexibility index (Phi) is 8.55. The Bertz CT molecular complexity index is 1540.